The molecular formula is C124H75N11OS2. The van der Waals surface area contributed by atoms with Crippen LogP contribution < -0.4 is 0 Å². The van der Waals surface area contributed by atoms with Crippen molar-refractivity contribution in [3.05, 3.63) is 455 Å². The molecule has 12 nitrogen and oxygen atoms in total. The number of nitrogens with zero attached hydrogens (tertiary/aromatic N) is 11. The van der Waals surface area contributed by atoms with Gasteiger partial charge in [0.15, 0.2) is 40.5 Å². The van der Waals surface area contributed by atoms with E-state index in [0.29, 0.717) is 40.9 Å². The molecule has 0 bridgehead atoms. The number of hydrogen-bond donors (Lipinski definition) is 0. The average molecular weight is 1800 g/mol. The summed E-state index contributed by atoms with van der Waals surface area (Å²) in [6.45, 7) is 0. The van der Waals surface area contributed by atoms with Gasteiger partial charge < -0.3 is 13.6 Å². The van der Waals surface area contributed by atoms with E-state index in [4.69, 9.17) is 44.3 Å². The van der Waals surface area contributed by atoms with E-state index in [1.54, 1.807) is 0 Å². The number of furan rings is 1. The van der Waals surface area contributed by atoms with E-state index in [1.807, 2.05) is 162 Å². The first-order valence-electron chi connectivity index (χ1n) is 46.2. The molecule has 9 aromatic heterocycles. The summed E-state index contributed by atoms with van der Waals surface area (Å²) in [7, 11) is 0. The predicted octanol–water partition coefficient (Wildman–Crippen LogP) is 32.9. The largest absolute Gasteiger partial charge is 0.454 e. The lowest BCUT2D eigenvalue weighted by Crippen LogP contribution is -2.04. The number of aromatic nitrogens is 11. The van der Waals surface area contributed by atoms with Crippen molar-refractivity contribution >= 4 is 183 Å². The van der Waals surface area contributed by atoms with Crippen LogP contribution in [0.4, 0.5) is 0 Å². The molecule has 0 saturated heterocycles. The standard InChI is InChI=1S/C43H26N4O.C43H26N4S.C38H23N3S/c2*1-3-13-27(14-4-1)41-44-42(28-15-5-2-6-16-28)46-43(45-41)29-23-25-30(26-24-29)47-35-21-11-9-19-33(35)37-31-17-7-8-18-32(31)38-34-20-10-12-22-36(34)48-40(38)39(37)47;1-3-13-24(14-4-1)30-23-31(25-15-5-2-6-16-25)40-38(39-30)41-32-21-11-9-19-28(32)34-26-17-7-8-18-27(26)35-29-20-10-12-22-33(29)42-37(35)36(34)41/h2*1-26H;1-23H. The van der Waals surface area contributed by atoms with Crippen molar-refractivity contribution in [2.24, 2.45) is 0 Å². The van der Waals surface area contributed by atoms with Gasteiger partial charge in [0, 0.05) is 130 Å². The maximum atomic E-state index is 6.72. The zero-order chi connectivity index (χ0) is 90.8. The normalized spacial score (nSPS) is 11.8. The Kier molecular flexibility index (Phi) is 19.0. The van der Waals surface area contributed by atoms with Gasteiger partial charge >= 0.3 is 0 Å². The van der Waals surface area contributed by atoms with Crippen LogP contribution in [0.25, 0.3) is 268 Å². The molecule has 0 N–H and O–H groups in total. The minimum atomic E-state index is 0.627. The molecular weight excluding hydrogens is 1720 g/mol. The SMILES string of the molecule is c1ccc(-c2cc(-c3ccccc3)nc(-n3c4ccccc4c4c5ccccc5c5c6ccccc6sc5c43)n2)cc1.c1ccc(-c2nc(-c3ccccc3)nc(-c3ccc(-n4c5ccccc5c5c6ccccc6c6c7ccccc7oc6c54)cc3)n2)cc1.c1ccc(-c2nc(-c3ccccc3)nc(-c3ccc(-n4c5ccccc5c5c6ccccc6c6c7ccccc7sc6c54)cc3)n2)cc1. The van der Waals surface area contributed by atoms with Crippen LogP contribution >= 0.6 is 22.7 Å². The summed E-state index contributed by atoms with van der Waals surface area (Å²) in [6, 6.07) is 159. The molecule has 0 aliphatic carbocycles. The Morgan fingerprint density at radius 3 is 0.819 bits per heavy atom. The molecule has 644 valence electrons. The molecule has 0 amide bonds. The van der Waals surface area contributed by atoms with Crippen molar-refractivity contribution in [2.75, 3.05) is 0 Å². The summed E-state index contributed by atoms with van der Waals surface area (Å²) >= 11 is 3.74. The van der Waals surface area contributed by atoms with Crippen molar-refractivity contribution in [3.8, 4) is 108 Å². The second-order valence-electron chi connectivity index (χ2n) is 34.6. The van der Waals surface area contributed by atoms with Crippen LogP contribution in [0.1, 0.15) is 0 Å². The maximum absolute atomic E-state index is 6.72. The fourth-order valence-corrected chi connectivity index (χ4v) is 23.1. The molecule has 0 unspecified atom stereocenters. The predicted molar refractivity (Wildman–Crippen MR) is 574 cm³/mol. The highest BCUT2D eigenvalue weighted by atomic mass is 32.1. The number of para-hydroxylation sites is 4. The van der Waals surface area contributed by atoms with Crippen LogP contribution in [-0.4, -0.2) is 53.6 Å². The van der Waals surface area contributed by atoms with E-state index >= 15 is 0 Å². The number of fused-ring (bicyclic) bond motifs is 30. The van der Waals surface area contributed by atoms with Gasteiger partial charge in [-0.25, -0.2) is 39.9 Å². The van der Waals surface area contributed by atoms with E-state index < -0.39 is 0 Å². The molecule has 0 fully saturated rings. The minimum absolute atomic E-state index is 0.627. The molecule has 29 rings (SSSR count). The van der Waals surface area contributed by atoms with Gasteiger partial charge in [-0.15, -0.1) is 22.7 Å². The summed E-state index contributed by atoms with van der Waals surface area (Å²) < 4.78 is 19.0. The average Bonchev–Trinajstić information content (AvgIpc) is 1.54. The van der Waals surface area contributed by atoms with Crippen LogP contribution in [0.15, 0.2) is 459 Å². The third kappa shape index (κ3) is 13.2. The molecule has 0 aliphatic heterocycles. The number of benzene rings is 20. The lowest BCUT2D eigenvalue weighted by atomic mass is 9.99. The fraction of sp³-hybridized carbons (Fsp3) is 0. The Balaban J connectivity index is 0.000000105. The summed E-state index contributed by atoms with van der Waals surface area (Å²) in [6.07, 6.45) is 0. The first-order valence-corrected chi connectivity index (χ1v) is 47.8. The Morgan fingerprint density at radius 2 is 0.449 bits per heavy atom. The monoisotopic (exact) mass is 1800 g/mol. The molecule has 138 heavy (non-hydrogen) atoms. The molecule has 0 atom stereocenters. The van der Waals surface area contributed by atoms with Crippen molar-refractivity contribution in [1.29, 1.82) is 0 Å². The molecule has 29 aromatic rings. The van der Waals surface area contributed by atoms with Crippen molar-refractivity contribution < 1.29 is 4.42 Å². The molecule has 9 heterocycles. The van der Waals surface area contributed by atoms with Crippen LogP contribution in [-0.2, 0) is 0 Å². The van der Waals surface area contributed by atoms with Crippen LogP contribution in [0.5, 0.6) is 0 Å². The summed E-state index contributed by atoms with van der Waals surface area (Å²) in [4.78, 5) is 40.1. The molecule has 0 spiro atoms. The highest BCUT2D eigenvalue weighted by Gasteiger charge is 2.29. The van der Waals surface area contributed by atoms with Gasteiger partial charge in [0.2, 0.25) is 5.95 Å². The zero-order valence-corrected chi connectivity index (χ0v) is 75.6. The Labute approximate surface area is 797 Å². The van der Waals surface area contributed by atoms with Gasteiger partial charge in [-0.1, -0.05) is 364 Å². The second-order valence-corrected chi connectivity index (χ2v) is 36.7. The number of hydrogen-bond acceptors (Lipinski definition) is 11. The molecule has 0 aliphatic rings. The summed E-state index contributed by atoms with van der Waals surface area (Å²) in [5.41, 5.74) is 20.4. The van der Waals surface area contributed by atoms with E-state index in [9.17, 15) is 0 Å². The van der Waals surface area contributed by atoms with Crippen LogP contribution in [0, 0.1) is 0 Å². The molecule has 20 aromatic carbocycles. The third-order valence-electron chi connectivity index (χ3n) is 26.7. The van der Waals surface area contributed by atoms with Gasteiger partial charge in [0.25, 0.3) is 0 Å². The fourth-order valence-electron chi connectivity index (χ4n) is 20.6. The summed E-state index contributed by atoms with van der Waals surface area (Å²) in [5.74, 6) is 4.55. The lowest BCUT2D eigenvalue weighted by molar-refractivity contribution is 0.671. The minimum Gasteiger partial charge on any atom is -0.454 e. The highest BCUT2D eigenvalue weighted by molar-refractivity contribution is 7.27. The first-order chi connectivity index (χ1) is 68.5. The number of rotatable bonds is 11. The van der Waals surface area contributed by atoms with E-state index in [1.165, 1.54) is 116 Å². The topological polar surface area (TPSA) is 131 Å². The Bertz CT molecular complexity index is 9330. The maximum Gasteiger partial charge on any atom is 0.235 e. The van der Waals surface area contributed by atoms with Crippen LogP contribution in [0.2, 0.25) is 0 Å². The van der Waals surface area contributed by atoms with Gasteiger partial charge in [-0.05, 0) is 123 Å². The molecule has 14 heteroatoms. The zero-order valence-electron chi connectivity index (χ0n) is 73.9. The van der Waals surface area contributed by atoms with Crippen molar-refractivity contribution in [3.63, 3.8) is 0 Å². The van der Waals surface area contributed by atoms with E-state index in [0.717, 1.165) is 111 Å². The van der Waals surface area contributed by atoms with Gasteiger partial charge in [-0.2, -0.15) is 0 Å². The van der Waals surface area contributed by atoms with Crippen molar-refractivity contribution in [2.45, 2.75) is 0 Å². The van der Waals surface area contributed by atoms with Gasteiger partial charge in [0.1, 0.15) is 5.58 Å². The highest BCUT2D eigenvalue weighted by Crippen LogP contribution is 2.52. The smallest absolute Gasteiger partial charge is 0.235 e. The Hall–Kier alpha value is -18.1. The summed E-state index contributed by atoms with van der Waals surface area (Å²) in [5, 5.41) is 22.4. The van der Waals surface area contributed by atoms with E-state index in [2.05, 4.69) is 329 Å². The lowest BCUT2D eigenvalue weighted by Gasteiger charge is -2.12. The third-order valence-corrected chi connectivity index (χ3v) is 29.0. The Morgan fingerprint density at radius 1 is 0.188 bits per heavy atom. The first kappa shape index (κ1) is 79.6. The quantitative estimate of drug-likeness (QED) is 0.124. The van der Waals surface area contributed by atoms with Gasteiger partial charge in [0.05, 0.1) is 53.9 Å². The molecule has 0 saturated carbocycles. The van der Waals surface area contributed by atoms with E-state index in [-0.39, 0.29) is 0 Å². The van der Waals surface area contributed by atoms with Crippen molar-refractivity contribution in [1.82, 2.24) is 53.6 Å². The van der Waals surface area contributed by atoms with Gasteiger partial charge in [-0.3, -0.25) is 4.57 Å². The molecule has 0 radical (unpaired) electrons. The van der Waals surface area contributed by atoms with Crippen LogP contribution in [0.3, 0.4) is 0 Å². The second kappa shape index (κ2) is 33.0. The number of thiophene rings is 2.